The molecule has 3 heteroatoms. The Morgan fingerprint density at radius 2 is 2.30 bits per heavy atom. The van der Waals surface area contributed by atoms with Gasteiger partial charge in [0.2, 0.25) is 5.91 Å². The molecule has 0 aromatic carbocycles. The zero-order valence-electron chi connectivity index (χ0n) is 6.69. The number of hydrogen-bond donors (Lipinski definition) is 2. The van der Waals surface area contributed by atoms with Crippen LogP contribution in [0.3, 0.4) is 0 Å². The Morgan fingerprint density at radius 3 is 2.50 bits per heavy atom. The highest BCUT2D eigenvalue weighted by Gasteiger charge is 2.41. The van der Waals surface area contributed by atoms with Gasteiger partial charge >= 0.3 is 0 Å². The second kappa shape index (κ2) is 2.23. The minimum atomic E-state index is -0.241. The first-order valence-electron chi connectivity index (χ1n) is 3.54. The summed E-state index contributed by atoms with van der Waals surface area (Å²) < 4.78 is 0. The number of nitrogens with one attached hydrogen (secondary N) is 2. The van der Waals surface area contributed by atoms with Gasteiger partial charge in [-0.25, -0.2) is 0 Å². The van der Waals surface area contributed by atoms with Gasteiger partial charge in [0.05, 0.1) is 5.41 Å². The van der Waals surface area contributed by atoms with E-state index >= 15 is 0 Å². The predicted molar refractivity (Wildman–Crippen MR) is 39.6 cm³/mol. The lowest BCUT2D eigenvalue weighted by Crippen LogP contribution is -2.40. The quantitative estimate of drug-likeness (QED) is 0.529. The van der Waals surface area contributed by atoms with Crippen LogP contribution < -0.4 is 10.6 Å². The average molecular weight is 142 g/mol. The lowest BCUT2D eigenvalue weighted by molar-refractivity contribution is -0.126. The van der Waals surface area contributed by atoms with E-state index in [0.717, 1.165) is 6.54 Å². The predicted octanol–water partition coefficient (Wildman–Crippen LogP) is -0.270. The van der Waals surface area contributed by atoms with Crippen LogP contribution in [-0.2, 0) is 4.79 Å². The van der Waals surface area contributed by atoms with Gasteiger partial charge in [-0.3, -0.25) is 4.79 Å². The molecule has 1 aliphatic heterocycles. The van der Waals surface area contributed by atoms with Crippen LogP contribution in [0.4, 0.5) is 0 Å². The van der Waals surface area contributed by atoms with Crippen molar-refractivity contribution in [2.75, 3.05) is 13.6 Å². The van der Waals surface area contributed by atoms with Gasteiger partial charge in [0.15, 0.2) is 0 Å². The van der Waals surface area contributed by atoms with Crippen molar-refractivity contribution in [3.63, 3.8) is 0 Å². The number of carbonyl (C=O) groups is 1. The zero-order valence-corrected chi connectivity index (χ0v) is 6.69. The van der Waals surface area contributed by atoms with E-state index in [1.807, 2.05) is 20.9 Å². The Bertz CT molecular complexity index is 154. The van der Waals surface area contributed by atoms with Crippen LogP contribution in [0, 0.1) is 5.41 Å². The van der Waals surface area contributed by atoms with E-state index in [2.05, 4.69) is 10.6 Å². The Labute approximate surface area is 61.2 Å². The molecule has 10 heavy (non-hydrogen) atoms. The van der Waals surface area contributed by atoms with Crippen molar-refractivity contribution in [1.29, 1.82) is 0 Å². The fourth-order valence-corrected chi connectivity index (χ4v) is 1.30. The molecule has 0 aromatic heterocycles. The van der Waals surface area contributed by atoms with Gasteiger partial charge in [0, 0.05) is 12.6 Å². The Balaban J connectivity index is 2.73. The molecule has 1 heterocycles. The van der Waals surface area contributed by atoms with E-state index in [9.17, 15) is 4.79 Å². The van der Waals surface area contributed by atoms with E-state index in [-0.39, 0.29) is 17.4 Å². The van der Waals surface area contributed by atoms with Crippen molar-refractivity contribution in [3.8, 4) is 0 Å². The molecule has 1 rings (SSSR count). The maximum Gasteiger partial charge on any atom is 0.227 e. The summed E-state index contributed by atoms with van der Waals surface area (Å²) in [5.74, 6) is 0.145. The second-order valence-electron chi connectivity index (χ2n) is 3.27. The number of likely N-dealkylation sites (N-methyl/N-ethyl adjacent to an activating group) is 1. The molecule has 0 radical (unpaired) electrons. The van der Waals surface area contributed by atoms with E-state index in [0.29, 0.717) is 0 Å². The van der Waals surface area contributed by atoms with E-state index < -0.39 is 0 Å². The smallest absolute Gasteiger partial charge is 0.227 e. The molecule has 0 aliphatic carbocycles. The maximum absolute atomic E-state index is 11.1. The standard InChI is InChI=1S/C7H14N2O/c1-7(2)5(8-3)4-9-6(7)10/h5,8H,4H2,1-3H3,(H,9,10). The monoisotopic (exact) mass is 142 g/mol. The van der Waals surface area contributed by atoms with Gasteiger partial charge in [-0.2, -0.15) is 0 Å². The van der Waals surface area contributed by atoms with Crippen molar-refractivity contribution in [2.45, 2.75) is 19.9 Å². The maximum atomic E-state index is 11.1. The van der Waals surface area contributed by atoms with Gasteiger partial charge in [-0.05, 0) is 20.9 Å². The normalized spacial score (nSPS) is 30.3. The Hall–Kier alpha value is -0.570. The third-order valence-electron chi connectivity index (χ3n) is 2.27. The summed E-state index contributed by atoms with van der Waals surface area (Å²) in [5.41, 5.74) is -0.241. The molecule has 1 fully saturated rings. The molecule has 1 amide bonds. The summed E-state index contributed by atoms with van der Waals surface area (Å²) in [6.45, 7) is 4.66. The third-order valence-corrected chi connectivity index (χ3v) is 2.27. The van der Waals surface area contributed by atoms with E-state index in [4.69, 9.17) is 0 Å². The summed E-state index contributed by atoms with van der Waals surface area (Å²) >= 11 is 0. The first-order valence-corrected chi connectivity index (χ1v) is 3.54. The molecule has 1 unspecified atom stereocenters. The van der Waals surface area contributed by atoms with Gasteiger partial charge in [0.1, 0.15) is 0 Å². The topological polar surface area (TPSA) is 41.1 Å². The highest BCUT2D eigenvalue weighted by molar-refractivity contribution is 5.85. The molecule has 3 nitrogen and oxygen atoms in total. The fourth-order valence-electron chi connectivity index (χ4n) is 1.30. The summed E-state index contributed by atoms with van der Waals surface area (Å²) in [6.07, 6.45) is 0. The molecule has 0 saturated carbocycles. The van der Waals surface area contributed by atoms with Crippen molar-refractivity contribution in [1.82, 2.24) is 10.6 Å². The highest BCUT2D eigenvalue weighted by atomic mass is 16.2. The van der Waals surface area contributed by atoms with Crippen molar-refractivity contribution < 1.29 is 4.79 Å². The SMILES string of the molecule is CNC1CNC(=O)C1(C)C. The fraction of sp³-hybridized carbons (Fsp3) is 0.857. The number of rotatable bonds is 1. The number of hydrogen-bond acceptors (Lipinski definition) is 2. The molecule has 0 spiro atoms. The minimum absolute atomic E-state index is 0.145. The first-order chi connectivity index (χ1) is 4.59. The van der Waals surface area contributed by atoms with Crippen LogP contribution in [0.15, 0.2) is 0 Å². The van der Waals surface area contributed by atoms with E-state index in [1.165, 1.54) is 0 Å². The van der Waals surface area contributed by atoms with Crippen LogP contribution in [0.2, 0.25) is 0 Å². The van der Waals surface area contributed by atoms with Crippen molar-refractivity contribution in [2.24, 2.45) is 5.41 Å². The molecule has 0 aromatic rings. The second-order valence-corrected chi connectivity index (χ2v) is 3.27. The van der Waals surface area contributed by atoms with Gasteiger partial charge in [-0.1, -0.05) is 0 Å². The number of carbonyl (C=O) groups excluding carboxylic acids is 1. The molecular weight excluding hydrogens is 128 g/mol. The Morgan fingerprint density at radius 1 is 1.70 bits per heavy atom. The largest absolute Gasteiger partial charge is 0.354 e. The van der Waals surface area contributed by atoms with Crippen molar-refractivity contribution in [3.05, 3.63) is 0 Å². The van der Waals surface area contributed by atoms with Crippen LogP contribution in [0.5, 0.6) is 0 Å². The highest BCUT2D eigenvalue weighted by Crippen LogP contribution is 2.24. The lowest BCUT2D eigenvalue weighted by Gasteiger charge is -2.22. The molecule has 2 N–H and O–H groups in total. The Kier molecular flexibility index (Phi) is 1.68. The lowest BCUT2D eigenvalue weighted by atomic mass is 9.87. The summed E-state index contributed by atoms with van der Waals surface area (Å²) in [5, 5.41) is 5.91. The molecule has 1 aliphatic rings. The van der Waals surface area contributed by atoms with Gasteiger partial charge < -0.3 is 10.6 Å². The van der Waals surface area contributed by atoms with Crippen LogP contribution in [-0.4, -0.2) is 25.5 Å². The van der Waals surface area contributed by atoms with Crippen LogP contribution in [0.25, 0.3) is 0 Å². The van der Waals surface area contributed by atoms with Crippen LogP contribution in [0.1, 0.15) is 13.8 Å². The first kappa shape index (κ1) is 7.54. The van der Waals surface area contributed by atoms with Crippen LogP contribution >= 0.6 is 0 Å². The zero-order chi connectivity index (χ0) is 7.78. The summed E-state index contributed by atoms with van der Waals surface area (Å²) in [7, 11) is 1.88. The molecule has 1 atom stereocenters. The van der Waals surface area contributed by atoms with Gasteiger partial charge in [0.25, 0.3) is 0 Å². The summed E-state index contributed by atoms with van der Waals surface area (Å²) in [6, 6.07) is 0.278. The van der Waals surface area contributed by atoms with E-state index in [1.54, 1.807) is 0 Å². The summed E-state index contributed by atoms with van der Waals surface area (Å²) in [4.78, 5) is 11.1. The average Bonchev–Trinajstić information content (AvgIpc) is 2.10. The molecule has 1 saturated heterocycles. The third kappa shape index (κ3) is 0.904. The minimum Gasteiger partial charge on any atom is -0.354 e. The molecule has 0 bridgehead atoms. The van der Waals surface area contributed by atoms with Crippen molar-refractivity contribution >= 4 is 5.91 Å². The van der Waals surface area contributed by atoms with Gasteiger partial charge in [-0.15, -0.1) is 0 Å². The molecule has 58 valence electrons. The number of amides is 1. The molecular formula is C7H14N2O.